The third-order valence-electron chi connectivity index (χ3n) is 4.70. The number of hydrogen-bond donors (Lipinski definition) is 2. The summed E-state index contributed by atoms with van der Waals surface area (Å²) in [7, 11) is 1.70. The van der Waals surface area contributed by atoms with Gasteiger partial charge in [-0.15, -0.1) is 0 Å². The lowest BCUT2D eigenvalue weighted by molar-refractivity contribution is -0.148. The highest BCUT2D eigenvalue weighted by Gasteiger charge is 2.37. The maximum Gasteiger partial charge on any atom is 0.303 e. The van der Waals surface area contributed by atoms with Crippen molar-refractivity contribution in [2.75, 3.05) is 7.05 Å². The molecule has 8 heteroatoms. The summed E-state index contributed by atoms with van der Waals surface area (Å²) in [4.78, 5) is 46.8. The van der Waals surface area contributed by atoms with Gasteiger partial charge in [-0.2, -0.15) is 0 Å². The number of carbonyl (C=O) groups is 3. The molecule has 1 unspecified atom stereocenters. The quantitative estimate of drug-likeness (QED) is 0.794. The Morgan fingerprint density at radius 1 is 1.26 bits per heavy atom. The van der Waals surface area contributed by atoms with Crippen LogP contribution in [0.4, 0.5) is 0 Å². The minimum atomic E-state index is -1.04. The van der Waals surface area contributed by atoms with E-state index in [-0.39, 0.29) is 31.2 Å². The molecule has 1 aromatic heterocycles. The molecule has 0 spiro atoms. The Labute approximate surface area is 156 Å². The molecule has 0 fully saturated rings. The van der Waals surface area contributed by atoms with Gasteiger partial charge in [-0.1, -0.05) is 30.3 Å². The second kappa shape index (κ2) is 8.03. The Kier molecular flexibility index (Phi) is 5.54. The number of carboxylic acid groups (broad SMARTS) is 1. The molecular weight excluding hydrogens is 348 g/mol. The minimum absolute atomic E-state index is 0.134. The Bertz CT molecular complexity index is 833. The smallest absolute Gasteiger partial charge is 0.303 e. The second-order valence-electron chi connectivity index (χ2n) is 6.64. The van der Waals surface area contributed by atoms with Crippen LogP contribution in [0.1, 0.15) is 29.8 Å². The number of nitrogens with one attached hydrogen (secondary N) is 1. The summed E-state index contributed by atoms with van der Waals surface area (Å²) in [6, 6.07) is 8.92. The fourth-order valence-electron chi connectivity index (χ4n) is 3.27. The van der Waals surface area contributed by atoms with E-state index in [2.05, 4.69) is 9.97 Å². The molecule has 0 saturated heterocycles. The number of carbonyl (C=O) groups excluding carboxylic acids is 2. The molecule has 3 rings (SSSR count). The first-order chi connectivity index (χ1) is 13.0. The third kappa shape index (κ3) is 4.33. The van der Waals surface area contributed by atoms with Crippen molar-refractivity contribution in [3.05, 3.63) is 53.6 Å². The van der Waals surface area contributed by atoms with Crippen molar-refractivity contribution in [3.63, 3.8) is 0 Å². The molecule has 27 heavy (non-hydrogen) atoms. The fraction of sp³-hybridized carbons (Fsp3) is 0.368. The topological polar surface area (TPSA) is 107 Å². The number of aliphatic carboxylic acids is 1. The first-order valence-electron chi connectivity index (χ1n) is 8.77. The first kappa shape index (κ1) is 18.6. The number of aromatic nitrogens is 2. The number of nitrogens with zero attached hydrogens (tertiary/aromatic N) is 3. The SMILES string of the molecule is CN(Cc1ccccc1)C(=O)C1Cc2nc[nH]c2CN1C(=O)CCC(=O)O. The molecule has 1 aliphatic heterocycles. The average molecular weight is 370 g/mol. The van der Waals surface area contributed by atoms with E-state index in [1.165, 1.54) is 4.90 Å². The van der Waals surface area contributed by atoms with Gasteiger partial charge in [0.2, 0.25) is 11.8 Å². The van der Waals surface area contributed by atoms with Crippen LogP contribution in [-0.4, -0.2) is 55.7 Å². The van der Waals surface area contributed by atoms with E-state index in [0.717, 1.165) is 17.0 Å². The van der Waals surface area contributed by atoms with Gasteiger partial charge in [0, 0.05) is 26.4 Å². The summed E-state index contributed by atoms with van der Waals surface area (Å²) in [5.74, 6) is -1.56. The third-order valence-corrected chi connectivity index (χ3v) is 4.70. The number of imidazole rings is 1. The average Bonchev–Trinajstić information content (AvgIpc) is 3.12. The maximum absolute atomic E-state index is 13.1. The molecule has 0 radical (unpaired) electrons. The van der Waals surface area contributed by atoms with Crippen molar-refractivity contribution >= 4 is 17.8 Å². The number of carboxylic acids is 1. The molecule has 142 valence electrons. The summed E-state index contributed by atoms with van der Waals surface area (Å²) in [6.45, 7) is 0.657. The number of H-pyrrole nitrogens is 1. The number of rotatable bonds is 6. The Balaban J connectivity index is 1.77. The van der Waals surface area contributed by atoms with E-state index < -0.39 is 12.0 Å². The van der Waals surface area contributed by atoms with Crippen LogP contribution in [0.2, 0.25) is 0 Å². The van der Waals surface area contributed by atoms with Gasteiger partial charge in [0.05, 0.1) is 30.7 Å². The number of fused-ring (bicyclic) bond motifs is 1. The van der Waals surface area contributed by atoms with Crippen LogP contribution in [0.5, 0.6) is 0 Å². The van der Waals surface area contributed by atoms with E-state index in [0.29, 0.717) is 13.0 Å². The van der Waals surface area contributed by atoms with Gasteiger partial charge >= 0.3 is 5.97 Å². The van der Waals surface area contributed by atoms with E-state index >= 15 is 0 Å². The zero-order valence-corrected chi connectivity index (χ0v) is 15.1. The number of aromatic amines is 1. The van der Waals surface area contributed by atoms with Gasteiger partial charge in [-0.05, 0) is 5.56 Å². The summed E-state index contributed by atoms with van der Waals surface area (Å²) in [5, 5.41) is 8.85. The van der Waals surface area contributed by atoms with Crippen molar-refractivity contribution in [2.45, 2.75) is 38.4 Å². The van der Waals surface area contributed by atoms with E-state index in [1.807, 2.05) is 30.3 Å². The zero-order chi connectivity index (χ0) is 19.4. The van der Waals surface area contributed by atoms with Crippen LogP contribution in [0, 0.1) is 0 Å². The molecule has 0 saturated carbocycles. The second-order valence-corrected chi connectivity index (χ2v) is 6.64. The molecule has 2 aromatic rings. The maximum atomic E-state index is 13.1. The highest BCUT2D eigenvalue weighted by molar-refractivity contribution is 5.89. The van der Waals surface area contributed by atoms with Crippen LogP contribution >= 0.6 is 0 Å². The van der Waals surface area contributed by atoms with Crippen molar-refractivity contribution < 1.29 is 19.5 Å². The highest BCUT2D eigenvalue weighted by Crippen LogP contribution is 2.23. The summed E-state index contributed by atoms with van der Waals surface area (Å²) in [6.07, 6.45) is 1.47. The summed E-state index contributed by atoms with van der Waals surface area (Å²) < 4.78 is 0. The standard InChI is InChI=1S/C19H22N4O4/c1-22(10-13-5-3-2-4-6-13)19(27)16-9-14-15(21-12-20-14)11-23(16)17(24)7-8-18(25)26/h2-6,12,16H,7-11H2,1H3,(H,20,21)(H,25,26). The minimum Gasteiger partial charge on any atom is -0.481 e. The number of likely N-dealkylation sites (N-methyl/N-ethyl adjacent to an activating group) is 1. The lowest BCUT2D eigenvalue weighted by Crippen LogP contribution is -2.52. The Morgan fingerprint density at radius 2 is 2.00 bits per heavy atom. The first-order valence-corrected chi connectivity index (χ1v) is 8.77. The number of benzene rings is 1. The van der Waals surface area contributed by atoms with Crippen LogP contribution in [-0.2, 0) is 33.9 Å². The predicted octanol–water partition coefficient (Wildman–Crippen LogP) is 1.19. The highest BCUT2D eigenvalue weighted by atomic mass is 16.4. The molecule has 2 amide bonds. The van der Waals surface area contributed by atoms with Crippen LogP contribution in [0.3, 0.4) is 0 Å². The van der Waals surface area contributed by atoms with E-state index in [1.54, 1.807) is 18.3 Å². The molecule has 2 N–H and O–H groups in total. The molecule has 8 nitrogen and oxygen atoms in total. The van der Waals surface area contributed by atoms with Gasteiger partial charge in [-0.3, -0.25) is 14.4 Å². The van der Waals surface area contributed by atoms with Gasteiger partial charge in [0.25, 0.3) is 0 Å². The lowest BCUT2D eigenvalue weighted by atomic mass is 10.00. The summed E-state index contributed by atoms with van der Waals surface area (Å²) in [5.41, 5.74) is 2.55. The van der Waals surface area contributed by atoms with Crippen molar-refractivity contribution in [3.8, 4) is 0 Å². The van der Waals surface area contributed by atoms with Crippen LogP contribution in [0.25, 0.3) is 0 Å². The fourth-order valence-corrected chi connectivity index (χ4v) is 3.27. The lowest BCUT2D eigenvalue weighted by Gasteiger charge is -2.36. The predicted molar refractivity (Wildman–Crippen MR) is 96.4 cm³/mol. The molecular formula is C19H22N4O4. The Hall–Kier alpha value is -3.16. The van der Waals surface area contributed by atoms with Crippen molar-refractivity contribution in [1.82, 2.24) is 19.8 Å². The van der Waals surface area contributed by atoms with Gasteiger partial charge < -0.3 is 19.9 Å². The van der Waals surface area contributed by atoms with Crippen LogP contribution < -0.4 is 0 Å². The van der Waals surface area contributed by atoms with Gasteiger partial charge in [0.15, 0.2) is 0 Å². The van der Waals surface area contributed by atoms with Crippen molar-refractivity contribution in [1.29, 1.82) is 0 Å². The molecule has 2 heterocycles. The van der Waals surface area contributed by atoms with Gasteiger partial charge in [0.1, 0.15) is 6.04 Å². The van der Waals surface area contributed by atoms with Gasteiger partial charge in [-0.25, -0.2) is 4.98 Å². The molecule has 1 aromatic carbocycles. The molecule has 0 aliphatic carbocycles. The zero-order valence-electron chi connectivity index (χ0n) is 15.1. The van der Waals surface area contributed by atoms with Crippen LogP contribution in [0.15, 0.2) is 36.7 Å². The normalized spacial score (nSPS) is 15.9. The van der Waals surface area contributed by atoms with E-state index in [4.69, 9.17) is 5.11 Å². The number of amides is 2. The monoisotopic (exact) mass is 370 g/mol. The molecule has 1 atom stereocenters. The molecule has 1 aliphatic rings. The molecule has 0 bridgehead atoms. The number of hydrogen-bond acceptors (Lipinski definition) is 4. The van der Waals surface area contributed by atoms with E-state index in [9.17, 15) is 14.4 Å². The van der Waals surface area contributed by atoms with Crippen molar-refractivity contribution in [2.24, 2.45) is 0 Å². The summed E-state index contributed by atoms with van der Waals surface area (Å²) >= 11 is 0. The Morgan fingerprint density at radius 3 is 2.70 bits per heavy atom. The largest absolute Gasteiger partial charge is 0.481 e.